The summed E-state index contributed by atoms with van der Waals surface area (Å²) in [6.07, 6.45) is 0. The van der Waals surface area contributed by atoms with E-state index in [0.717, 1.165) is 30.9 Å². The van der Waals surface area contributed by atoms with E-state index in [1.807, 2.05) is 30.3 Å². The summed E-state index contributed by atoms with van der Waals surface area (Å²) in [5.74, 6) is 0. The molecule has 2 N–H and O–H groups in total. The normalized spacial score (nSPS) is 11.2. The van der Waals surface area contributed by atoms with Crippen molar-refractivity contribution in [2.45, 2.75) is 16.4 Å². The Morgan fingerprint density at radius 3 is 2.57 bits per heavy atom. The van der Waals surface area contributed by atoms with E-state index in [-0.39, 0.29) is 6.61 Å². The van der Waals surface area contributed by atoms with Gasteiger partial charge in [-0.05, 0) is 36.4 Å². The first kappa shape index (κ1) is 15.3. The van der Waals surface area contributed by atoms with Gasteiger partial charge in [0, 0.05) is 30.9 Å². The third-order valence-corrected chi connectivity index (χ3v) is 5.37. The standard InChI is InChI=1S/C15H10BrCl2NOS/c16-12-4-10(6-15-11(12)3-8(7-20)19-15)21-9-1-2-13(17)14(18)5-9/h1-6,19-20H,7H2. The number of hydrogen-bond acceptors (Lipinski definition) is 2. The molecule has 0 radical (unpaired) electrons. The number of fused-ring (bicyclic) bond motifs is 1. The van der Waals surface area contributed by atoms with Crippen molar-refractivity contribution >= 4 is 61.8 Å². The van der Waals surface area contributed by atoms with Crippen LogP contribution in [0.2, 0.25) is 10.0 Å². The van der Waals surface area contributed by atoms with Gasteiger partial charge in [-0.2, -0.15) is 0 Å². The molecular weight excluding hydrogens is 393 g/mol. The van der Waals surface area contributed by atoms with E-state index >= 15 is 0 Å². The molecule has 1 aromatic heterocycles. The van der Waals surface area contributed by atoms with Gasteiger partial charge in [-0.15, -0.1) is 0 Å². The largest absolute Gasteiger partial charge is 0.390 e. The molecule has 6 heteroatoms. The fourth-order valence-corrected chi connectivity index (χ4v) is 4.07. The average molecular weight is 403 g/mol. The van der Waals surface area contributed by atoms with E-state index in [0.29, 0.717) is 10.0 Å². The molecule has 0 spiro atoms. The van der Waals surface area contributed by atoms with Gasteiger partial charge in [0.15, 0.2) is 0 Å². The molecule has 0 fully saturated rings. The van der Waals surface area contributed by atoms with Gasteiger partial charge in [-0.1, -0.05) is 50.9 Å². The van der Waals surface area contributed by atoms with E-state index in [2.05, 4.69) is 20.9 Å². The Bertz CT molecular complexity index is 819. The lowest BCUT2D eigenvalue weighted by molar-refractivity contribution is 0.278. The van der Waals surface area contributed by atoms with Crippen molar-refractivity contribution in [1.82, 2.24) is 4.98 Å². The highest BCUT2D eigenvalue weighted by Crippen LogP contribution is 2.36. The topological polar surface area (TPSA) is 36.0 Å². The Morgan fingerprint density at radius 2 is 1.86 bits per heavy atom. The molecule has 0 bridgehead atoms. The van der Waals surface area contributed by atoms with Crippen molar-refractivity contribution in [3.8, 4) is 0 Å². The number of aliphatic hydroxyl groups excluding tert-OH is 1. The number of benzene rings is 2. The number of aliphatic hydroxyl groups is 1. The Labute approximate surface area is 144 Å². The molecule has 0 saturated heterocycles. The van der Waals surface area contributed by atoms with Crippen molar-refractivity contribution in [3.05, 3.63) is 56.6 Å². The van der Waals surface area contributed by atoms with Crippen molar-refractivity contribution in [1.29, 1.82) is 0 Å². The summed E-state index contributed by atoms with van der Waals surface area (Å²) in [4.78, 5) is 5.28. The fourth-order valence-electron chi connectivity index (χ4n) is 2.05. The van der Waals surface area contributed by atoms with E-state index < -0.39 is 0 Å². The van der Waals surface area contributed by atoms with Crippen LogP contribution >= 0.6 is 50.9 Å². The van der Waals surface area contributed by atoms with E-state index in [1.54, 1.807) is 17.8 Å². The van der Waals surface area contributed by atoms with E-state index in [1.165, 1.54) is 0 Å². The van der Waals surface area contributed by atoms with E-state index in [4.69, 9.17) is 23.2 Å². The molecule has 0 saturated carbocycles. The zero-order chi connectivity index (χ0) is 15.0. The summed E-state index contributed by atoms with van der Waals surface area (Å²) in [7, 11) is 0. The Hall–Kier alpha value is -0.650. The van der Waals surface area contributed by atoms with Gasteiger partial charge in [0.2, 0.25) is 0 Å². The van der Waals surface area contributed by atoms with Crippen LogP contribution in [0.3, 0.4) is 0 Å². The number of H-pyrrole nitrogens is 1. The Morgan fingerprint density at radius 1 is 1.05 bits per heavy atom. The molecule has 1 heterocycles. The van der Waals surface area contributed by atoms with Gasteiger partial charge < -0.3 is 10.1 Å². The average Bonchev–Trinajstić information content (AvgIpc) is 2.87. The highest BCUT2D eigenvalue weighted by atomic mass is 79.9. The van der Waals surface area contributed by atoms with E-state index in [9.17, 15) is 5.11 Å². The zero-order valence-electron chi connectivity index (χ0n) is 10.7. The van der Waals surface area contributed by atoms with Gasteiger partial charge in [-0.3, -0.25) is 0 Å². The minimum atomic E-state index is -0.00358. The highest BCUT2D eigenvalue weighted by molar-refractivity contribution is 9.10. The summed E-state index contributed by atoms with van der Waals surface area (Å²) < 4.78 is 0.985. The van der Waals surface area contributed by atoms with Crippen molar-refractivity contribution in [2.75, 3.05) is 0 Å². The summed E-state index contributed by atoms with van der Waals surface area (Å²) in [6.45, 7) is -0.00358. The van der Waals surface area contributed by atoms with Gasteiger partial charge in [-0.25, -0.2) is 0 Å². The Kier molecular flexibility index (Phi) is 4.52. The van der Waals surface area contributed by atoms with Crippen LogP contribution < -0.4 is 0 Å². The van der Waals surface area contributed by atoms with Crippen molar-refractivity contribution in [3.63, 3.8) is 0 Å². The molecule has 108 valence electrons. The van der Waals surface area contributed by atoms with Crippen molar-refractivity contribution < 1.29 is 5.11 Å². The minimum absolute atomic E-state index is 0.00358. The first-order valence-electron chi connectivity index (χ1n) is 6.12. The molecule has 2 aromatic carbocycles. The molecule has 3 aromatic rings. The lowest BCUT2D eigenvalue weighted by Crippen LogP contribution is -1.80. The fraction of sp³-hybridized carbons (Fsp3) is 0.0667. The summed E-state index contributed by atoms with van der Waals surface area (Å²) in [6, 6.07) is 11.6. The van der Waals surface area contributed by atoms with Crippen molar-refractivity contribution in [2.24, 2.45) is 0 Å². The van der Waals surface area contributed by atoms with Crippen LogP contribution in [0.25, 0.3) is 10.9 Å². The monoisotopic (exact) mass is 401 g/mol. The van der Waals surface area contributed by atoms with Crippen LogP contribution in [0.15, 0.2) is 50.7 Å². The molecule has 3 rings (SSSR count). The molecule has 0 aliphatic heterocycles. The van der Waals surface area contributed by atoms with Gasteiger partial charge in [0.25, 0.3) is 0 Å². The number of halogens is 3. The molecule has 0 aliphatic rings. The van der Waals surface area contributed by atoms with Gasteiger partial charge in [0.1, 0.15) is 0 Å². The number of aromatic nitrogens is 1. The maximum Gasteiger partial charge on any atom is 0.0831 e. The lowest BCUT2D eigenvalue weighted by Gasteiger charge is -2.05. The number of hydrogen-bond donors (Lipinski definition) is 2. The second-order valence-electron chi connectivity index (χ2n) is 4.50. The summed E-state index contributed by atoms with van der Waals surface area (Å²) in [5.41, 5.74) is 1.78. The minimum Gasteiger partial charge on any atom is -0.390 e. The van der Waals surface area contributed by atoms with Gasteiger partial charge in [0.05, 0.1) is 16.7 Å². The molecule has 2 nitrogen and oxygen atoms in total. The number of rotatable bonds is 3. The lowest BCUT2D eigenvalue weighted by atomic mass is 10.2. The van der Waals surface area contributed by atoms with Crippen LogP contribution in [0.5, 0.6) is 0 Å². The molecular formula is C15H10BrCl2NOS. The van der Waals surface area contributed by atoms with Crippen LogP contribution in [-0.2, 0) is 6.61 Å². The quantitative estimate of drug-likeness (QED) is 0.573. The number of nitrogens with one attached hydrogen (secondary N) is 1. The third-order valence-electron chi connectivity index (χ3n) is 3.01. The molecule has 0 amide bonds. The summed E-state index contributed by atoms with van der Waals surface area (Å²) in [5, 5.41) is 11.4. The third kappa shape index (κ3) is 3.25. The first-order valence-corrected chi connectivity index (χ1v) is 8.48. The maximum atomic E-state index is 9.21. The molecule has 0 aliphatic carbocycles. The van der Waals surface area contributed by atoms with Crippen LogP contribution in [0.1, 0.15) is 5.69 Å². The maximum absolute atomic E-state index is 9.21. The van der Waals surface area contributed by atoms with Crippen LogP contribution in [0, 0.1) is 0 Å². The second-order valence-corrected chi connectivity index (χ2v) is 7.31. The van der Waals surface area contributed by atoms with Crippen LogP contribution in [0.4, 0.5) is 0 Å². The molecule has 0 atom stereocenters. The predicted molar refractivity (Wildman–Crippen MR) is 92.5 cm³/mol. The predicted octanol–water partition coefficient (Wildman–Crippen LogP) is 5.88. The smallest absolute Gasteiger partial charge is 0.0831 e. The first-order chi connectivity index (χ1) is 10.1. The number of aromatic amines is 1. The SMILES string of the molecule is OCc1cc2c(Br)cc(Sc3ccc(Cl)c(Cl)c3)cc2[nH]1. The van der Waals surface area contributed by atoms with Crippen LogP contribution in [-0.4, -0.2) is 10.1 Å². The molecule has 21 heavy (non-hydrogen) atoms. The molecule has 0 unspecified atom stereocenters. The second kappa shape index (κ2) is 6.23. The Balaban J connectivity index is 1.98. The zero-order valence-corrected chi connectivity index (χ0v) is 14.6. The summed E-state index contributed by atoms with van der Waals surface area (Å²) >= 11 is 17.1. The van der Waals surface area contributed by atoms with Gasteiger partial charge >= 0.3 is 0 Å². The highest BCUT2D eigenvalue weighted by Gasteiger charge is 2.08.